The molecule has 0 bridgehead atoms. The molecule has 1 aliphatic carbocycles. The van der Waals surface area contributed by atoms with Crippen LogP contribution < -0.4 is 4.90 Å². The number of hydrogen-bond donors (Lipinski definition) is 0. The summed E-state index contributed by atoms with van der Waals surface area (Å²) in [4.78, 5) is 11.3. The Kier molecular flexibility index (Phi) is 4.44. The van der Waals surface area contributed by atoms with Crippen LogP contribution in [0.25, 0.3) is 0 Å². The minimum absolute atomic E-state index is 0.449. The predicted octanol–water partition coefficient (Wildman–Crippen LogP) is 3.54. The van der Waals surface area contributed by atoms with Gasteiger partial charge in [-0.2, -0.15) is 0 Å². The SMILES string of the molecule is Cc1cc(CCl)nc(N(C)C2CCCCC2C)n1. The fraction of sp³-hybridized carbons (Fsp3) is 0.714. The summed E-state index contributed by atoms with van der Waals surface area (Å²) in [5.74, 6) is 1.99. The smallest absolute Gasteiger partial charge is 0.225 e. The number of aryl methyl sites for hydroxylation is 1. The molecule has 2 unspecified atom stereocenters. The third-order valence-electron chi connectivity index (χ3n) is 3.91. The summed E-state index contributed by atoms with van der Waals surface area (Å²) < 4.78 is 0. The van der Waals surface area contributed by atoms with E-state index in [1.165, 1.54) is 25.7 Å². The highest BCUT2D eigenvalue weighted by Gasteiger charge is 2.26. The van der Waals surface area contributed by atoms with E-state index in [-0.39, 0.29) is 0 Å². The number of hydrogen-bond acceptors (Lipinski definition) is 3. The Bertz CT molecular complexity index is 408. The number of alkyl halides is 1. The Labute approximate surface area is 115 Å². The highest BCUT2D eigenvalue weighted by molar-refractivity contribution is 6.16. The van der Waals surface area contributed by atoms with Crippen LogP contribution in [0.3, 0.4) is 0 Å². The van der Waals surface area contributed by atoms with Gasteiger partial charge in [-0.15, -0.1) is 11.6 Å². The highest BCUT2D eigenvalue weighted by Crippen LogP contribution is 2.29. The zero-order valence-electron chi connectivity index (χ0n) is 11.5. The van der Waals surface area contributed by atoms with E-state index in [0.717, 1.165) is 17.3 Å². The van der Waals surface area contributed by atoms with Gasteiger partial charge in [0.25, 0.3) is 0 Å². The van der Waals surface area contributed by atoms with Gasteiger partial charge in [-0.25, -0.2) is 9.97 Å². The first-order valence-electron chi connectivity index (χ1n) is 6.75. The lowest BCUT2D eigenvalue weighted by Crippen LogP contribution is -2.40. The molecule has 100 valence electrons. The molecule has 1 saturated carbocycles. The average molecular weight is 268 g/mol. The van der Waals surface area contributed by atoms with E-state index in [1.54, 1.807) is 0 Å². The summed E-state index contributed by atoms with van der Waals surface area (Å²) in [6.45, 7) is 4.33. The zero-order chi connectivity index (χ0) is 13.1. The van der Waals surface area contributed by atoms with Gasteiger partial charge in [-0.3, -0.25) is 0 Å². The Morgan fingerprint density at radius 1 is 1.33 bits per heavy atom. The summed E-state index contributed by atoms with van der Waals surface area (Å²) in [6, 6.07) is 2.51. The summed E-state index contributed by atoms with van der Waals surface area (Å²) in [5.41, 5.74) is 1.90. The van der Waals surface area contributed by atoms with E-state index in [2.05, 4.69) is 28.8 Å². The Balaban J connectivity index is 2.21. The maximum atomic E-state index is 5.88. The van der Waals surface area contributed by atoms with E-state index >= 15 is 0 Å². The lowest BCUT2D eigenvalue weighted by atomic mass is 9.85. The molecule has 0 aliphatic heterocycles. The second-order valence-corrected chi connectivity index (χ2v) is 5.64. The van der Waals surface area contributed by atoms with Crippen LogP contribution in [0.1, 0.15) is 44.0 Å². The van der Waals surface area contributed by atoms with Crippen molar-refractivity contribution < 1.29 is 0 Å². The summed E-state index contributed by atoms with van der Waals surface area (Å²) in [6.07, 6.45) is 5.22. The highest BCUT2D eigenvalue weighted by atomic mass is 35.5. The van der Waals surface area contributed by atoms with Crippen LogP contribution in [0.5, 0.6) is 0 Å². The first kappa shape index (κ1) is 13.6. The minimum Gasteiger partial charge on any atom is -0.341 e. The van der Waals surface area contributed by atoms with Crippen molar-refractivity contribution in [1.82, 2.24) is 9.97 Å². The molecule has 3 nitrogen and oxygen atoms in total. The fourth-order valence-corrected chi connectivity index (χ4v) is 3.00. The van der Waals surface area contributed by atoms with Gasteiger partial charge < -0.3 is 4.90 Å². The van der Waals surface area contributed by atoms with Crippen molar-refractivity contribution in [2.45, 2.75) is 51.5 Å². The van der Waals surface area contributed by atoms with Crippen molar-refractivity contribution in [3.8, 4) is 0 Å². The zero-order valence-corrected chi connectivity index (χ0v) is 12.2. The van der Waals surface area contributed by atoms with Crippen LogP contribution in [-0.2, 0) is 5.88 Å². The first-order chi connectivity index (χ1) is 8.61. The van der Waals surface area contributed by atoms with Gasteiger partial charge in [0.05, 0.1) is 11.6 Å². The van der Waals surface area contributed by atoms with Gasteiger partial charge in [0.2, 0.25) is 5.95 Å². The first-order valence-corrected chi connectivity index (χ1v) is 7.28. The number of halogens is 1. The molecule has 0 amide bonds. The largest absolute Gasteiger partial charge is 0.341 e. The van der Waals surface area contributed by atoms with Crippen molar-refractivity contribution in [2.75, 3.05) is 11.9 Å². The van der Waals surface area contributed by atoms with E-state index < -0.39 is 0 Å². The van der Waals surface area contributed by atoms with Gasteiger partial charge in [-0.1, -0.05) is 19.8 Å². The summed E-state index contributed by atoms with van der Waals surface area (Å²) in [7, 11) is 2.11. The fourth-order valence-electron chi connectivity index (χ4n) is 2.86. The van der Waals surface area contributed by atoms with Crippen molar-refractivity contribution in [3.05, 3.63) is 17.5 Å². The quantitative estimate of drug-likeness (QED) is 0.785. The molecule has 0 N–H and O–H groups in total. The maximum Gasteiger partial charge on any atom is 0.225 e. The standard InChI is InChI=1S/C14H22ClN3/c1-10-6-4-5-7-13(10)18(3)14-16-11(2)8-12(9-15)17-14/h8,10,13H,4-7,9H2,1-3H3. The summed E-state index contributed by atoms with van der Waals surface area (Å²) >= 11 is 5.88. The molecule has 0 spiro atoms. The summed E-state index contributed by atoms with van der Waals surface area (Å²) in [5, 5.41) is 0. The van der Waals surface area contributed by atoms with E-state index in [9.17, 15) is 0 Å². The Hall–Kier alpha value is -0.830. The molecule has 0 aromatic carbocycles. The molecule has 1 aromatic rings. The minimum atomic E-state index is 0.449. The average Bonchev–Trinajstić information content (AvgIpc) is 2.37. The third-order valence-corrected chi connectivity index (χ3v) is 4.19. The molecule has 0 radical (unpaired) electrons. The number of anilines is 1. The molecule has 1 aromatic heterocycles. The lowest BCUT2D eigenvalue weighted by molar-refractivity contribution is 0.319. The third kappa shape index (κ3) is 2.94. The molecular formula is C14H22ClN3. The van der Waals surface area contributed by atoms with Crippen LogP contribution in [0, 0.1) is 12.8 Å². The van der Waals surface area contributed by atoms with Crippen molar-refractivity contribution in [2.24, 2.45) is 5.92 Å². The van der Waals surface area contributed by atoms with Gasteiger partial charge in [0.1, 0.15) is 0 Å². The van der Waals surface area contributed by atoms with Crippen LogP contribution in [0.15, 0.2) is 6.07 Å². The second kappa shape index (κ2) is 5.87. The van der Waals surface area contributed by atoms with Crippen LogP contribution in [0.2, 0.25) is 0 Å². The van der Waals surface area contributed by atoms with Crippen molar-refractivity contribution >= 4 is 17.5 Å². The normalized spacial score (nSPS) is 24.0. The van der Waals surface area contributed by atoms with Gasteiger partial charge in [0.15, 0.2) is 0 Å². The molecule has 2 atom stereocenters. The van der Waals surface area contributed by atoms with Crippen molar-refractivity contribution in [1.29, 1.82) is 0 Å². The number of nitrogens with zero attached hydrogens (tertiary/aromatic N) is 3. The number of rotatable bonds is 3. The van der Waals surface area contributed by atoms with Gasteiger partial charge in [-0.05, 0) is 31.7 Å². The molecule has 1 aliphatic rings. The van der Waals surface area contributed by atoms with E-state index in [1.807, 2.05) is 13.0 Å². The second-order valence-electron chi connectivity index (χ2n) is 5.37. The molecule has 1 fully saturated rings. The van der Waals surface area contributed by atoms with Gasteiger partial charge >= 0.3 is 0 Å². The number of aromatic nitrogens is 2. The van der Waals surface area contributed by atoms with Crippen LogP contribution >= 0.6 is 11.6 Å². The molecule has 0 saturated heterocycles. The molecule has 2 rings (SSSR count). The van der Waals surface area contributed by atoms with Crippen molar-refractivity contribution in [3.63, 3.8) is 0 Å². The van der Waals surface area contributed by atoms with Gasteiger partial charge in [0, 0.05) is 18.8 Å². The monoisotopic (exact) mass is 267 g/mol. The van der Waals surface area contributed by atoms with Crippen LogP contribution in [-0.4, -0.2) is 23.1 Å². The van der Waals surface area contributed by atoms with Crippen LogP contribution in [0.4, 0.5) is 5.95 Å². The molecule has 1 heterocycles. The molecular weight excluding hydrogens is 246 g/mol. The Morgan fingerprint density at radius 3 is 2.72 bits per heavy atom. The maximum absolute atomic E-state index is 5.88. The predicted molar refractivity (Wildman–Crippen MR) is 76.1 cm³/mol. The van der Waals surface area contributed by atoms with E-state index in [4.69, 9.17) is 11.6 Å². The molecule has 4 heteroatoms. The Morgan fingerprint density at radius 2 is 2.06 bits per heavy atom. The molecule has 18 heavy (non-hydrogen) atoms. The lowest BCUT2D eigenvalue weighted by Gasteiger charge is -2.36. The van der Waals surface area contributed by atoms with E-state index in [0.29, 0.717) is 17.8 Å². The topological polar surface area (TPSA) is 29.0 Å².